The molecule has 2 rings (SSSR count). The lowest BCUT2D eigenvalue weighted by Crippen LogP contribution is -2.04. The van der Waals surface area contributed by atoms with Gasteiger partial charge in [-0.3, -0.25) is 0 Å². The van der Waals surface area contributed by atoms with E-state index in [9.17, 15) is 4.79 Å². The lowest BCUT2D eigenvalue weighted by atomic mass is 10.1. The predicted octanol–water partition coefficient (Wildman–Crippen LogP) is 3.56. The highest BCUT2D eigenvalue weighted by atomic mass is 32.1. The van der Waals surface area contributed by atoms with Gasteiger partial charge < -0.3 is 15.2 Å². The highest BCUT2D eigenvalue weighted by Crippen LogP contribution is 2.23. The number of hydrogen-bond donors (Lipinski definition) is 2. The van der Waals surface area contributed by atoms with Gasteiger partial charge in [-0.15, -0.1) is 11.3 Å². The Balaban J connectivity index is 2.07. The Morgan fingerprint density at radius 3 is 2.76 bits per heavy atom. The van der Waals surface area contributed by atoms with Crippen LogP contribution in [0.25, 0.3) is 0 Å². The van der Waals surface area contributed by atoms with Crippen molar-refractivity contribution >= 4 is 23.0 Å². The normalized spacial score (nSPS) is 10.6. The van der Waals surface area contributed by atoms with Crippen molar-refractivity contribution in [1.29, 1.82) is 0 Å². The number of rotatable bonds is 7. The molecule has 1 aromatic carbocycles. The molecular formula is C16H19NO3S. The summed E-state index contributed by atoms with van der Waals surface area (Å²) in [5.74, 6) is -0.866. The van der Waals surface area contributed by atoms with Crippen molar-refractivity contribution < 1.29 is 14.6 Å². The fraction of sp³-hybridized carbons (Fsp3) is 0.312. The van der Waals surface area contributed by atoms with E-state index in [-0.39, 0.29) is 0 Å². The number of carboxylic acid groups (broad SMARTS) is 1. The molecule has 0 radical (unpaired) electrons. The number of methoxy groups -OCH3 is 1. The Morgan fingerprint density at radius 1 is 1.33 bits per heavy atom. The maximum absolute atomic E-state index is 11.0. The zero-order valence-corrected chi connectivity index (χ0v) is 13.0. The summed E-state index contributed by atoms with van der Waals surface area (Å²) in [5, 5.41) is 12.4. The summed E-state index contributed by atoms with van der Waals surface area (Å²) in [6.45, 7) is 3.25. The van der Waals surface area contributed by atoms with Gasteiger partial charge in [-0.1, -0.05) is 18.2 Å². The standard InChI is InChI=1S/C16H19NO3S/c1-11-13(9-15(21-11)16(18)19)10-17-14-6-4-3-5-12(14)7-8-20-2/h3-6,9,17H,7-8,10H2,1-2H3,(H,18,19). The molecule has 2 N–H and O–H groups in total. The Morgan fingerprint density at radius 2 is 2.10 bits per heavy atom. The van der Waals surface area contributed by atoms with E-state index >= 15 is 0 Å². The molecule has 21 heavy (non-hydrogen) atoms. The number of ether oxygens (including phenoxy) is 1. The van der Waals surface area contributed by atoms with Crippen LogP contribution in [0.2, 0.25) is 0 Å². The van der Waals surface area contributed by atoms with Gasteiger partial charge in [-0.25, -0.2) is 4.79 Å². The van der Waals surface area contributed by atoms with Crippen molar-refractivity contribution in [1.82, 2.24) is 0 Å². The SMILES string of the molecule is COCCc1ccccc1NCc1cc(C(=O)O)sc1C. The summed E-state index contributed by atoms with van der Waals surface area (Å²) in [7, 11) is 1.69. The first-order chi connectivity index (χ1) is 10.1. The first kappa shape index (κ1) is 15.5. The van der Waals surface area contributed by atoms with E-state index in [1.165, 1.54) is 16.9 Å². The maximum atomic E-state index is 11.0. The van der Waals surface area contributed by atoms with Crippen LogP contribution in [0.3, 0.4) is 0 Å². The quantitative estimate of drug-likeness (QED) is 0.821. The summed E-state index contributed by atoms with van der Waals surface area (Å²) in [6, 6.07) is 9.85. The molecule has 1 aromatic heterocycles. The summed E-state index contributed by atoms with van der Waals surface area (Å²) in [4.78, 5) is 12.4. The molecule has 0 aliphatic carbocycles. The molecule has 0 fully saturated rings. The second-order valence-electron chi connectivity index (χ2n) is 4.75. The van der Waals surface area contributed by atoms with Crippen molar-refractivity contribution in [2.75, 3.05) is 19.0 Å². The van der Waals surface area contributed by atoms with Crippen LogP contribution in [0.15, 0.2) is 30.3 Å². The maximum Gasteiger partial charge on any atom is 0.345 e. The minimum Gasteiger partial charge on any atom is -0.477 e. The average molecular weight is 305 g/mol. The molecular weight excluding hydrogens is 286 g/mol. The Labute approximate surface area is 128 Å². The lowest BCUT2D eigenvalue weighted by Gasteiger charge is -2.11. The molecule has 2 aromatic rings. The molecule has 112 valence electrons. The summed E-state index contributed by atoms with van der Waals surface area (Å²) in [5.41, 5.74) is 3.29. The number of carboxylic acids is 1. The number of nitrogens with one attached hydrogen (secondary N) is 1. The van der Waals surface area contributed by atoms with Crippen molar-refractivity contribution in [2.24, 2.45) is 0 Å². The largest absolute Gasteiger partial charge is 0.477 e. The van der Waals surface area contributed by atoms with E-state index in [4.69, 9.17) is 9.84 Å². The Bertz CT molecular complexity index is 622. The topological polar surface area (TPSA) is 58.6 Å². The molecule has 0 atom stereocenters. The third-order valence-electron chi connectivity index (χ3n) is 3.29. The predicted molar refractivity (Wildman–Crippen MR) is 85.4 cm³/mol. The highest BCUT2D eigenvalue weighted by molar-refractivity contribution is 7.14. The molecule has 0 saturated carbocycles. The monoisotopic (exact) mass is 305 g/mol. The molecule has 0 saturated heterocycles. The Hall–Kier alpha value is -1.85. The molecule has 1 heterocycles. The smallest absolute Gasteiger partial charge is 0.345 e. The summed E-state index contributed by atoms with van der Waals surface area (Å²) < 4.78 is 5.12. The number of thiophene rings is 1. The van der Waals surface area contributed by atoms with Crippen LogP contribution in [0, 0.1) is 6.92 Å². The van der Waals surface area contributed by atoms with Crippen LogP contribution in [-0.2, 0) is 17.7 Å². The number of anilines is 1. The van der Waals surface area contributed by atoms with Crippen molar-refractivity contribution in [3.63, 3.8) is 0 Å². The number of aryl methyl sites for hydroxylation is 1. The zero-order valence-electron chi connectivity index (χ0n) is 12.2. The van der Waals surface area contributed by atoms with E-state index in [1.54, 1.807) is 13.2 Å². The summed E-state index contributed by atoms with van der Waals surface area (Å²) in [6.07, 6.45) is 0.850. The van der Waals surface area contributed by atoms with Gasteiger partial charge in [0.05, 0.1) is 6.61 Å². The third-order valence-corrected chi connectivity index (χ3v) is 4.37. The highest BCUT2D eigenvalue weighted by Gasteiger charge is 2.11. The number of carbonyl (C=O) groups is 1. The van der Waals surface area contributed by atoms with Crippen molar-refractivity contribution in [2.45, 2.75) is 19.9 Å². The molecule has 0 aliphatic rings. The second-order valence-corrected chi connectivity index (χ2v) is 6.01. The van der Waals surface area contributed by atoms with Gasteiger partial charge in [0.1, 0.15) is 4.88 Å². The van der Waals surface area contributed by atoms with E-state index in [0.717, 1.165) is 22.5 Å². The average Bonchev–Trinajstić information content (AvgIpc) is 2.85. The molecule has 4 nitrogen and oxygen atoms in total. The van der Waals surface area contributed by atoms with Gasteiger partial charge >= 0.3 is 5.97 Å². The molecule has 0 bridgehead atoms. The van der Waals surface area contributed by atoms with Gasteiger partial charge in [-0.2, -0.15) is 0 Å². The molecule has 5 heteroatoms. The zero-order chi connectivity index (χ0) is 15.2. The fourth-order valence-corrected chi connectivity index (χ4v) is 2.99. The van der Waals surface area contributed by atoms with Crippen LogP contribution < -0.4 is 5.32 Å². The van der Waals surface area contributed by atoms with E-state index < -0.39 is 5.97 Å². The minimum absolute atomic E-state index is 0.386. The number of benzene rings is 1. The first-order valence-electron chi connectivity index (χ1n) is 6.75. The number of para-hydroxylation sites is 1. The van der Waals surface area contributed by atoms with Gasteiger partial charge in [0.2, 0.25) is 0 Å². The van der Waals surface area contributed by atoms with Crippen molar-refractivity contribution in [3.05, 3.63) is 51.2 Å². The first-order valence-corrected chi connectivity index (χ1v) is 7.56. The van der Waals surface area contributed by atoms with Gasteiger partial charge in [-0.05, 0) is 36.6 Å². The second kappa shape index (κ2) is 7.24. The molecule has 0 unspecified atom stereocenters. The minimum atomic E-state index is -0.866. The molecule has 0 aliphatic heterocycles. The Kier molecular flexibility index (Phi) is 5.36. The number of hydrogen-bond acceptors (Lipinski definition) is 4. The third kappa shape index (κ3) is 4.06. The number of aromatic carboxylic acids is 1. The van der Waals surface area contributed by atoms with E-state index in [2.05, 4.69) is 11.4 Å². The van der Waals surface area contributed by atoms with Crippen LogP contribution in [-0.4, -0.2) is 24.8 Å². The molecule has 0 spiro atoms. The van der Waals surface area contributed by atoms with Crippen molar-refractivity contribution in [3.8, 4) is 0 Å². The van der Waals surface area contributed by atoms with E-state index in [0.29, 0.717) is 18.0 Å². The van der Waals surface area contributed by atoms with Gasteiger partial charge in [0.15, 0.2) is 0 Å². The summed E-state index contributed by atoms with van der Waals surface area (Å²) >= 11 is 1.32. The fourth-order valence-electron chi connectivity index (χ4n) is 2.11. The van der Waals surface area contributed by atoms with E-state index in [1.807, 2.05) is 25.1 Å². The van der Waals surface area contributed by atoms with Crippen LogP contribution in [0.4, 0.5) is 5.69 Å². The van der Waals surface area contributed by atoms with Crippen LogP contribution >= 0.6 is 11.3 Å². The van der Waals surface area contributed by atoms with Crippen LogP contribution in [0.5, 0.6) is 0 Å². The molecule has 0 amide bonds. The van der Waals surface area contributed by atoms with Gasteiger partial charge in [0.25, 0.3) is 0 Å². The van der Waals surface area contributed by atoms with Crippen LogP contribution in [0.1, 0.15) is 25.7 Å². The lowest BCUT2D eigenvalue weighted by molar-refractivity contribution is 0.0702. The van der Waals surface area contributed by atoms with Gasteiger partial charge in [0, 0.05) is 24.2 Å².